The van der Waals surface area contributed by atoms with Gasteiger partial charge in [-0.1, -0.05) is 41.6 Å². The minimum Gasteiger partial charge on any atom is -0.348 e. The highest BCUT2D eigenvalue weighted by atomic mass is 35.5. The molecule has 0 aromatic heterocycles. The van der Waals surface area contributed by atoms with Crippen molar-refractivity contribution in [2.45, 2.75) is 22.5 Å². The first-order valence-electron chi connectivity index (χ1n) is 6.52. The van der Waals surface area contributed by atoms with Gasteiger partial charge in [0.05, 0.1) is 5.02 Å². The van der Waals surface area contributed by atoms with Crippen LogP contribution in [0.1, 0.15) is 6.92 Å². The van der Waals surface area contributed by atoms with E-state index in [-0.39, 0.29) is 6.15 Å². The van der Waals surface area contributed by atoms with E-state index in [1.54, 1.807) is 18.1 Å². The van der Waals surface area contributed by atoms with E-state index < -0.39 is 5.79 Å². The Kier molecular flexibility index (Phi) is 5.31. The van der Waals surface area contributed by atoms with E-state index in [4.69, 9.17) is 11.6 Å². The first kappa shape index (κ1) is 16.6. The van der Waals surface area contributed by atoms with Gasteiger partial charge in [-0.15, -0.1) is 0 Å². The number of benzene rings is 2. The van der Waals surface area contributed by atoms with E-state index >= 15 is 0 Å². The molecule has 0 saturated heterocycles. The SMILES string of the molecule is CC1(Nc2ccc(Sc3ccccc3)c(Cl)c2)N=CNN1.N. The van der Waals surface area contributed by atoms with Crippen molar-refractivity contribution in [3.05, 3.63) is 53.6 Å². The van der Waals surface area contributed by atoms with Gasteiger partial charge in [-0.05, 0) is 37.3 Å². The van der Waals surface area contributed by atoms with Crippen LogP contribution >= 0.6 is 23.4 Å². The van der Waals surface area contributed by atoms with Crippen LogP contribution in [0.4, 0.5) is 5.69 Å². The van der Waals surface area contributed by atoms with Gasteiger partial charge in [-0.2, -0.15) is 5.43 Å². The fourth-order valence-corrected chi connectivity index (χ4v) is 3.12. The number of nitrogens with one attached hydrogen (secondary N) is 3. The highest BCUT2D eigenvalue weighted by molar-refractivity contribution is 7.99. The van der Waals surface area contributed by atoms with Crippen LogP contribution in [0.25, 0.3) is 0 Å². The Bertz CT molecular complexity index is 664. The van der Waals surface area contributed by atoms with Gasteiger partial charge in [0.2, 0.25) is 0 Å². The van der Waals surface area contributed by atoms with Crippen molar-refractivity contribution in [1.29, 1.82) is 0 Å². The maximum Gasteiger partial charge on any atom is 0.199 e. The van der Waals surface area contributed by atoms with Gasteiger partial charge in [-0.3, -0.25) is 0 Å². The normalized spacial score (nSPS) is 19.4. The summed E-state index contributed by atoms with van der Waals surface area (Å²) in [6, 6.07) is 16.1. The van der Waals surface area contributed by atoms with E-state index in [0.717, 1.165) is 10.6 Å². The summed E-state index contributed by atoms with van der Waals surface area (Å²) in [6.07, 6.45) is 1.62. The fourth-order valence-electron chi connectivity index (χ4n) is 1.99. The van der Waals surface area contributed by atoms with Gasteiger partial charge in [0.15, 0.2) is 5.79 Å². The predicted molar refractivity (Wildman–Crippen MR) is 93.8 cm³/mol. The Morgan fingerprint density at radius 2 is 1.95 bits per heavy atom. The molecule has 1 aliphatic heterocycles. The summed E-state index contributed by atoms with van der Waals surface area (Å²) in [5.41, 5.74) is 6.78. The zero-order valence-corrected chi connectivity index (χ0v) is 13.7. The zero-order valence-electron chi connectivity index (χ0n) is 12.1. The molecule has 0 bridgehead atoms. The molecule has 0 aliphatic carbocycles. The van der Waals surface area contributed by atoms with Crippen LogP contribution in [0.5, 0.6) is 0 Å². The topological polar surface area (TPSA) is 83.5 Å². The second kappa shape index (κ2) is 7.02. The fraction of sp³-hybridized carbons (Fsp3) is 0.133. The van der Waals surface area contributed by atoms with E-state index in [1.165, 1.54) is 4.90 Å². The number of hydrogen-bond donors (Lipinski definition) is 4. The number of anilines is 1. The van der Waals surface area contributed by atoms with E-state index in [1.807, 2.05) is 43.3 Å². The molecule has 0 fully saturated rings. The van der Waals surface area contributed by atoms with Gasteiger partial charge >= 0.3 is 0 Å². The van der Waals surface area contributed by atoms with Gasteiger partial charge in [0.25, 0.3) is 0 Å². The molecule has 7 heteroatoms. The Balaban J connectivity index is 0.00000176. The summed E-state index contributed by atoms with van der Waals surface area (Å²) in [4.78, 5) is 6.47. The van der Waals surface area contributed by atoms with Crippen molar-refractivity contribution < 1.29 is 0 Å². The number of rotatable bonds is 4. The minimum atomic E-state index is -0.558. The van der Waals surface area contributed by atoms with Gasteiger partial charge in [0.1, 0.15) is 6.34 Å². The van der Waals surface area contributed by atoms with E-state index in [9.17, 15) is 0 Å². The monoisotopic (exact) mass is 335 g/mol. The molecular weight excluding hydrogens is 318 g/mol. The van der Waals surface area contributed by atoms with Crippen molar-refractivity contribution >= 4 is 35.4 Å². The summed E-state index contributed by atoms with van der Waals surface area (Å²) >= 11 is 8.02. The van der Waals surface area contributed by atoms with Crippen LogP contribution < -0.4 is 22.3 Å². The molecule has 1 heterocycles. The Morgan fingerprint density at radius 1 is 1.18 bits per heavy atom. The molecule has 0 spiro atoms. The summed E-state index contributed by atoms with van der Waals surface area (Å²) in [5.74, 6) is -0.558. The molecule has 116 valence electrons. The lowest BCUT2D eigenvalue weighted by atomic mass is 10.3. The Hall–Kier alpha value is -1.73. The molecule has 0 radical (unpaired) electrons. The first-order valence-corrected chi connectivity index (χ1v) is 7.71. The van der Waals surface area contributed by atoms with Crippen LogP contribution in [0.15, 0.2) is 63.3 Å². The lowest BCUT2D eigenvalue weighted by Gasteiger charge is -2.23. The molecule has 22 heavy (non-hydrogen) atoms. The van der Waals surface area contributed by atoms with Gasteiger partial charge in [-0.25, -0.2) is 4.99 Å². The molecule has 1 aliphatic rings. The lowest BCUT2D eigenvalue weighted by Crippen LogP contribution is -2.48. The molecule has 2 aromatic rings. The summed E-state index contributed by atoms with van der Waals surface area (Å²) in [6.45, 7) is 1.93. The van der Waals surface area contributed by atoms with Crippen molar-refractivity contribution in [3.8, 4) is 0 Å². The maximum absolute atomic E-state index is 6.37. The Morgan fingerprint density at radius 3 is 2.59 bits per heavy atom. The number of hydrazine groups is 1. The minimum absolute atomic E-state index is 0. The van der Waals surface area contributed by atoms with Crippen molar-refractivity contribution in [1.82, 2.24) is 17.0 Å². The Labute approximate surface area is 139 Å². The van der Waals surface area contributed by atoms with Crippen LogP contribution in [0.2, 0.25) is 5.02 Å². The largest absolute Gasteiger partial charge is 0.348 e. The number of hydrogen-bond acceptors (Lipinski definition) is 6. The number of halogens is 1. The van der Waals surface area contributed by atoms with Crippen molar-refractivity contribution in [2.75, 3.05) is 5.32 Å². The van der Waals surface area contributed by atoms with Gasteiger partial charge < -0.3 is 16.9 Å². The standard InChI is InChI=1S/C15H15ClN4S.H3N/c1-15(17-10-18-20-15)19-11-7-8-14(13(16)9-11)21-12-5-3-2-4-6-12;/h2-10,19-20H,1H3,(H,17,18);1H3. The molecule has 0 saturated carbocycles. The first-order chi connectivity index (χ1) is 10.1. The van der Waals surface area contributed by atoms with Crippen molar-refractivity contribution in [3.63, 3.8) is 0 Å². The predicted octanol–water partition coefficient (Wildman–Crippen LogP) is 3.87. The third-order valence-corrected chi connectivity index (χ3v) is 4.50. The summed E-state index contributed by atoms with van der Waals surface area (Å²) in [7, 11) is 0. The average Bonchev–Trinajstić information content (AvgIpc) is 2.89. The van der Waals surface area contributed by atoms with Crippen molar-refractivity contribution in [2.24, 2.45) is 4.99 Å². The highest BCUT2D eigenvalue weighted by Crippen LogP contribution is 2.35. The third-order valence-electron chi connectivity index (χ3n) is 2.99. The molecule has 6 N–H and O–H groups in total. The maximum atomic E-state index is 6.37. The third kappa shape index (κ3) is 3.92. The lowest BCUT2D eigenvalue weighted by molar-refractivity contribution is 0.436. The second-order valence-corrected chi connectivity index (χ2v) is 6.31. The van der Waals surface area contributed by atoms with E-state index in [2.05, 4.69) is 33.3 Å². The van der Waals surface area contributed by atoms with E-state index in [0.29, 0.717) is 5.02 Å². The van der Waals surface area contributed by atoms with Crippen LogP contribution in [0.3, 0.4) is 0 Å². The highest BCUT2D eigenvalue weighted by Gasteiger charge is 2.24. The molecule has 5 nitrogen and oxygen atoms in total. The molecule has 2 aromatic carbocycles. The molecular formula is C15H18ClN5S. The molecule has 3 rings (SSSR count). The number of aliphatic imine (C=N–C) groups is 1. The smallest absolute Gasteiger partial charge is 0.199 e. The van der Waals surface area contributed by atoms with Crippen LogP contribution in [-0.2, 0) is 0 Å². The molecule has 0 amide bonds. The summed E-state index contributed by atoms with van der Waals surface area (Å²) < 4.78 is 0. The second-order valence-electron chi connectivity index (χ2n) is 4.79. The van der Waals surface area contributed by atoms with Crippen LogP contribution in [0, 0.1) is 0 Å². The van der Waals surface area contributed by atoms with Crippen LogP contribution in [-0.4, -0.2) is 12.1 Å². The quantitative estimate of drug-likeness (QED) is 0.681. The number of nitrogens with zero attached hydrogens (tertiary/aromatic N) is 1. The van der Waals surface area contributed by atoms with Gasteiger partial charge in [0, 0.05) is 15.5 Å². The molecule has 1 unspecified atom stereocenters. The average molecular weight is 336 g/mol. The zero-order chi connectivity index (χ0) is 14.7. The summed E-state index contributed by atoms with van der Waals surface area (Å²) in [5, 5.41) is 4.00. The molecule has 1 atom stereocenters.